The van der Waals surface area contributed by atoms with Gasteiger partial charge in [0.2, 0.25) is 0 Å². The van der Waals surface area contributed by atoms with Crippen LogP contribution in [-0.2, 0) is 11.3 Å². The summed E-state index contributed by atoms with van der Waals surface area (Å²) < 4.78 is 7.56. The highest BCUT2D eigenvalue weighted by atomic mass is 79.9. The summed E-state index contributed by atoms with van der Waals surface area (Å²) >= 11 is 3.48. The van der Waals surface area contributed by atoms with Crippen molar-refractivity contribution in [2.45, 2.75) is 64.7 Å². The predicted octanol–water partition coefficient (Wildman–Crippen LogP) is 4.91. The SMILES string of the molecule is CC1CCCC(CNC(C)C)(OCc2ccc(Br)cc2)C1. The molecule has 3 heteroatoms. The molecule has 1 saturated carbocycles. The number of rotatable bonds is 6. The number of nitrogens with one attached hydrogen (secondary N) is 1. The van der Waals surface area contributed by atoms with E-state index in [1.165, 1.54) is 31.2 Å². The molecule has 1 N–H and O–H groups in total. The van der Waals surface area contributed by atoms with Gasteiger partial charge in [-0.1, -0.05) is 61.7 Å². The lowest BCUT2D eigenvalue weighted by molar-refractivity contribution is -0.0898. The quantitative estimate of drug-likeness (QED) is 0.784. The average Bonchev–Trinajstić information content (AvgIpc) is 2.45. The van der Waals surface area contributed by atoms with Crippen molar-refractivity contribution >= 4 is 15.9 Å². The highest BCUT2D eigenvalue weighted by Crippen LogP contribution is 2.35. The monoisotopic (exact) mass is 353 g/mol. The molecule has 0 bridgehead atoms. The summed E-state index contributed by atoms with van der Waals surface area (Å²) in [6.45, 7) is 8.43. The molecule has 0 spiro atoms. The van der Waals surface area contributed by atoms with Crippen LogP contribution in [0.15, 0.2) is 28.7 Å². The van der Waals surface area contributed by atoms with Gasteiger partial charge in [0.25, 0.3) is 0 Å². The Balaban J connectivity index is 1.99. The van der Waals surface area contributed by atoms with Crippen LogP contribution in [-0.4, -0.2) is 18.2 Å². The molecule has 2 nitrogen and oxygen atoms in total. The second-order valence-corrected chi connectivity index (χ2v) is 7.75. The van der Waals surface area contributed by atoms with Gasteiger partial charge in [-0.15, -0.1) is 0 Å². The molecule has 1 aromatic rings. The van der Waals surface area contributed by atoms with Gasteiger partial charge in [-0.25, -0.2) is 0 Å². The van der Waals surface area contributed by atoms with Gasteiger partial charge < -0.3 is 10.1 Å². The smallest absolute Gasteiger partial charge is 0.0813 e. The van der Waals surface area contributed by atoms with E-state index in [1.54, 1.807) is 0 Å². The molecule has 118 valence electrons. The Morgan fingerprint density at radius 3 is 2.67 bits per heavy atom. The molecule has 1 fully saturated rings. The van der Waals surface area contributed by atoms with Crippen LogP contribution in [0.2, 0.25) is 0 Å². The Morgan fingerprint density at radius 1 is 1.33 bits per heavy atom. The van der Waals surface area contributed by atoms with Gasteiger partial charge >= 0.3 is 0 Å². The maximum absolute atomic E-state index is 6.44. The Bertz CT molecular complexity index is 431. The van der Waals surface area contributed by atoms with Gasteiger partial charge in [-0.2, -0.15) is 0 Å². The van der Waals surface area contributed by atoms with Gasteiger partial charge in [-0.3, -0.25) is 0 Å². The first-order valence-corrected chi connectivity index (χ1v) is 8.90. The number of hydrogen-bond donors (Lipinski definition) is 1. The zero-order valence-corrected chi connectivity index (χ0v) is 15.1. The van der Waals surface area contributed by atoms with Gasteiger partial charge in [0.1, 0.15) is 0 Å². The summed E-state index contributed by atoms with van der Waals surface area (Å²) in [5.41, 5.74) is 1.26. The molecule has 0 heterocycles. The molecule has 2 rings (SSSR count). The molecule has 0 amide bonds. The Morgan fingerprint density at radius 2 is 2.05 bits per heavy atom. The maximum atomic E-state index is 6.44. The molecule has 1 aliphatic rings. The van der Waals surface area contributed by atoms with Crippen molar-refractivity contribution in [3.8, 4) is 0 Å². The summed E-state index contributed by atoms with van der Waals surface area (Å²) in [5.74, 6) is 0.762. The lowest BCUT2D eigenvalue weighted by Crippen LogP contribution is -2.47. The molecule has 0 aliphatic heterocycles. The van der Waals surface area contributed by atoms with E-state index >= 15 is 0 Å². The lowest BCUT2D eigenvalue weighted by atomic mass is 9.78. The van der Waals surface area contributed by atoms with Gasteiger partial charge in [0.15, 0.2) is 0 Å². The van der Waals surface area contributed by atoms with Gasteiger partial charge in [0.05, 0.1) is 12.2 Å². The van der Waals surface area contributed by atoms with E-state index in [0.29, 0.717) is 12.6 Å². The van der Waals surface area contributed by atoms with Crippen molar-refractivity contribution in [1.82, 2.24) is 5.32 Å². The second kappa shape index (κ2) is 7.75. The predicted molar refractivity (Wildman–Crippen MR) is 92.4 cm³/mol. The number of ether oxygens (including phenoxy) is 1. The van der Waals surface area contributed by atoms with E-state index < -0.39 is 0 Å². The molecule has 1 aromatic carbocycles. The molecule has 0 aromatic heterocycles. The number of hydrogen-bond acceptors (Lipinski definition) is 2. The van der Waals surface area contributed by atoms with Crippen LogP contribution in [0.5, 0.6) is 0 Å². The van der Waals surface area contributed by atoms with E-state index in [2.05, 4.69) is 66.3 Å². The minimum atomic E-state index is 0.00894. The van der Waals surface area contributed by atoms with E-state index in [4.69, 9.17) is 4.74 Å². The largest absolute Gasteiger partial charge is 0.369 e. The fourth-order valence-electron chi connectivity index (χ4n) is 3.16. The molecular formula is C18H28BrNO. The highest BCUT2D eigenvalue weighted by Gasteiger charge is 2.35. The van der Waals surface area contributed by atoms with Crippen molar-refractivity contribution < 1.29 is 4.74 Å². The van der Waals surface area contributed by atoms with E-state index in [1.807, 2.05) is 0 Å². The molecule has 0 radical (unpaired) electrons. The molecular weight excluding hydrogens is 326 g/mol. The molecule has 21 heavy (non-hydrogen) atoms. The van der Waals surface area contributed by atoms with Gasteiger partial charge in [0, 0.05) is 17.1 Å². The summed E-state index contributed by atoms with van der Waals surface area (Å²) in [5, 5.41) is 3.59. The van der Waals surface area contributed by atoms with Crippen LogP contribution in [0, 0.1) is 5.92 Å². The Labute approximate surface area is 137 Å². The first kappa shape index (κ1) is 17.0. The van der Waals surface area contributed by atoms with Crippen molar-refractivity contribution in [3.05, 3.63) is 34.3 Å². The van der Waals surface area contributed by atoms with Crippen LogP contribution >= 0.6 is 15.9 Å². The first-order valence-electron chi connectivity index (χ1n) is 8.11. The van der Waals surface area contributed by atoms with Crippen molar-refractivity contribution in [3.63, 3.8) is 0 Å². The second-order valence-electron chi connectivity index (χ2n) is 6.84. The normalized spacial score (nSPS) is 26.2. The Kier molecular flexibility index (Phi) is 6.27. The third kappa shape index (κ3) is 5.39. The number of halogens is 1. The van der Waals surface area contributed by atoms with Gasteiger partial charge in [-0.05, 0) is 36.5 Å². The summed E-state index contributed by atoms with van der Waals surface area (Å²) in [6, 6.07) is 8.96. The van der Waals surface area contributed by atoms with Crippen LogP contribution in [0.4, 0.5) is 0 Å². The lowest BCUT2D eigenvalue weighted by Gasteiger charge is -2.40. The molecule has 2 atom stereocenters. The van der Waals surface area contributed by atoms with Crippen molar-refractivity contribution in [2.24, 2.45) is 5.92 Å². The molecule has 0 saturated heterocycles. The third-order valence-corrected chi connectivity index (χ3v) is 4.87. The van der Waals surface area contributed by atoms with E-state index in [9.17, 15) is 0 Å². The van der Waals surface area contributed by atoms with Crippen LogP contribution < -0.4 is 5.32 Å². The fourth-order valence-corrected chi connectivity index (χ4v) is 3.43. The topological polar surface area (TPSA) is 21.3 Å². The van der Waals surface area contributed by atoms with E-state index in [-0.39, 0.29) is 5.60 Å². The maximum Gasteiger partial charge on any atom is 0.0813 e. The average molecular weight is 354 g/mol. The minimum Gasteiger partial charge on any atom is -0.369 e. The summed E-state index contributed by atoms with van der Waals surface area (Å²) in [4.78, 5) is 0. The van der Waals surface area contributed by atoms with Crippen LogP contribution in [0.25, 0.3) is 0 Å². The molecule has 2 unspecified atom stereocenters. The summed E-state index contributed by atoms with van der Waals surface area (Å²) in [7, 11) is 0. The molecule has 1 aliphatic carbocycles. The van der Waals surface area contributed by atoms with Crippen LogP contribution in [0.1, 0.15) is 52.0 Å². The third-order valence-electron chi connectivity index (χ3n) is 4.34. The standard InChI is InChI=1S/C18H28BrNO/c1-14(2)20-13-18(10-4-5-15(3)11-18)21-12-16-6-8-17(19)9-7-16/h6-9,14-15,20H,4-5,10-13H2,1-3H3. The number of benzene rings is 1. The zero-order chi connectivity index (χ0) is 15.3. The van der Waals surface area contributed by atoms with Crippen LogP contribution in [0.3, 0.4) is 0 Å². The Hall–Kier alpha value is -0.380. The van der Waals surface area contributed by atoms with E-state index in [0.717, 1.165) is 16.9 Å². The first-order chi connectivity index (χ1) is 9.99. The fraction of sp³-hybridized carbons (Fsp3) is 0.667. The van der Waals surface area contributed by atoms with Crippen molar-refractivity contribution in [1.29, 1.82) is 0 Å². The minimum absolute atomic E-state index is 0.00894. The van der Waals surface area contributed by atoms with Crippen molar-refractivity contribution in [2.75, 3.05) is 6.54 Å². The zero-order valence-electron chi connectivity index (χ0n) is 13.5. The highest BCUT2D eigenvalue weighted by molar-refractivity contribution is 9.10. The summed E-state index contributed by atoms with van der Waals surface area (Å²) in [6.07, 6.45) is 4.96.